The Labute approximate surface area is 254 Å². The van der Waals surface area contributed by atoms with E-state index < -0.39 is 12.1 Å². The second-order valence-electron chi connectivity index (χ2n) is 11.5. The fourth-order valence-corrected chi connectivity index (χ4v) is 4.60. The third-order valence-corrected chi connectivity index (χ3v) is 7.04. The van der Waals surface area contributed by atoms with Crippen LogP contribution in [-0.4, -0.2) is 79.9 Å². The molecule has 3 atom stereocenters. The minimum atomic E-state index is -0.491. The quantitative estimate of drug-likeness (QED) is 0.114. The van der Waals surface area contributed by atoms with Crippen molar-refractivity contribution in [1.82, 2.24) is 25.3 Å². The number of nitrogens with one attached hydrogen (secondary N) is 3. The fraction of sp³-hybridized carbons (Fsp3) is 0.606. The molecule has 0 spiro atoms. The molecule has 42 heavy (non-hydrogen) atoms. The van der Waals surface area contributed by atoms with Crippen molar-refractivity contribution in [3.8, 4) is 0 Å². The van der Waals surface area contributed by atoms with Crippen molar-refractivity contribution in [3.05, 3.63) is 59.8 Å². The molecule has 0 saturated carbocycles. The molecule has 0 radical (unpaired) electrons. The zero-order valence-electron chi connectivity index (χ0n) is 27.5. The Balaban J connectivity index is 3.21. The van der Waals surface area contributed by atoms with E-state index in [0.717, 1.165) is 49.8 Å². The largest absolute Gasteiger partial charge is 0.472 e. The average molecular weight is 585 g/mol. The van der Waals surface area contributed by atoms with Crippen LogP contribution in [0.1, 0.15) is 73.1 Å². The molecule has 0 aromatic rings. The molecule has 0 bridgehead atoms. The van der Waals surface area contributed by atoms with Crippen molar-refractivity contribution in [1.29, 1.82) is 5.41 Å². The van der Waals surface area contributed by atoms with Crippen molar-refractivity contribution >= 4 is 17.6 Å². The number of carbonyl (C=O) groups excluding carboxylic acids is 2. The van der Waals surface area contributed by atoms with Crippen LogP contribution in [0, 0.1) is 17.2 Å². The maximum atomic E-state index is 13.6. The average Bonchev–Trinajstić information content (AvgIpc) is 3.32. The van der Waals surface area contributed by atoms with Gasteiger partial charge < -0.3 is 25.2 Å². The van der Waals surface area contributed by atoms with Crippen LogP contribution in [0.2, 0.25) is 0 Å². The normalized spacial score (nSPS) is 17.1. The smallest absolute Gasteiger partial charge is 0.275 e. The number of rotatable bonds is 18. The van der Waals surface area contributed by atoms with Gasteiger partial charge in [0.15, 0.2) is 12.1 Å². The Hall–Kier alpha value is -3.33. The number of hydrogen-bond donors (Lipinski definition) is 3. The fourth-order valence-electron chi connectivity index (χ4n) is 4.60. The number of hydrogen-bond acceptors (Lipinski definition) is 7. The van der Waals surface area contributed by atoms with Crippen LogP contribution in [0.5, 0.6) is 0 Å². The van der Waals surface area contributed by atoms with E-state index in [0.29, 0.717) is 24.6 Å². The van der Waals surface area contributed by atoms with Gasteiger partial charge in [-0.05, 0) is 38.8 Å². The molecule has 1 aliphatic heterocycles. The van der Waals surface area contributed by atoms with Gasteiger partial charge in [0.2, 0.25) is 5.91 Å². The summed E-state index contributed by atoms with van der Waals surface area (Å²) in [5.41, 5.74) is 2.45. The number of likely N-dealkylation sites (N-methyl/N-ethyl adjacent to an activating group) is 1. The molecule has 0 aromatic heterocycles. The zero-order valence-corrected chi connectivity index (χ0v) is 27.5. The van der Waals surface area contributed by atoms with E-state index in [1.807, 2.05) is 34.1 Å². The Morgan fingerprint density at radius 3 is 2.43 bits per heavy atom. The number of amidine groups is 1. The highest BCUT2D eigenvalue weighted by molar-refractivity contribution is 6.09. The zero-order chi connectivity index (χ0) is 31.8. The van der Waals surface area contributed by atoms with Crippen LogP contribution in [0.15, 0.2) is 59.8 Å². The highest BCUT2D eigenvalue weighted by atomic mass is 16.5. The van der Waals surface area contributed by atoms with Crippen molar-refractivity contribution in [2.24, 2.45) is 11.8 Å². The Kier molecular flexibility index (Phi) is 16.6. The Bertz CT molecular complexity index is 1040. The Morgan fingerprint density at radius 2 is 1.86 bits per heavy atom. The van der Waals surface area contributed by atoms with E-state index in [4.69, 9.17) is 10.1 Å². The molecule has 9 heteroatoms. The number of carbonyl (C=O) groups is 2. The summed E-state index contributed by atoms with van der Waals surface area (Å²) >= 11 is 0. The van der Waals surface area contributed by atoms with Gasteiger partial charge >= 0.3 is 0 Å². The van der Waals surface area contributed by atoms with Crippen LogP contribution >= 0.6 is 0 Å². The maximum Gasteiger partial charge on any atom is 0.275 e. The summed E-state index contributed by atoms with van der Waals surface area (Å²) in [4.78, 5) is 32.1. The predicted molar refractivity (Wildman–Crippen MR) is 173 cm³/mol. The van der Waals surface area contributed by atoms with Crippen molar-refractivity contribution < 1.29 is 14.3 Å². The molecular weight excluding hydrogens is 528 g/mol. The van der Waals surface area contributed by atoms with E-state index in [9.17, 15) is 9.59 Å². The van der Waals surface area contributed by atoms with Gasteiger partial charge in [0.05, 0.1) is 5.70 Å². The van der Waals surface area contributed by atoms with E-state index in [1.54, 1.807) is 18.1 Å². The van der Waals surface area contributed by atoms with Crippen LogP contribution in [0.4, 0.5) is 0 Å². The van der Waals surface area contributed by atoms with Gasteiger partial charge in [0, 0.05) is 45.4 Å². The Morgan fingerprint density at radius 1 is 1.17 bits per heavy atom. The lowest BCUT2D eigenvalue weighted by atomic mass is 10.0. The molecule has 236 valence electrons. The second-order valence-corrected chi connectivity index (χ2v) is 11.5. The van der Waals surface area contributed by atoms with E-state index >= 15 is 0 Å². The van der Waals surface area contributed by atoms with Crippen molar-refractivity contribution in [2.75, 3.05) is 41.3 Å². The summed E-state index contributed by atoms with van der Waals surface area (Å²) in [6, 6.07) is 0. The highest BCUT2D eigenvalue weighted by Crippen LogP contribution is 2.26. The number of nitrogens with zero attached hydrogens (tertiary/aromatic N) is 3. The summed E-state index contributed by atoms with van der Waals surface area (Å²) in [5.74, 6) is -0.0628. The first-order chi connectivity index (χ1) is 19.9. The van der Waals surface area contributed by atoms with Gasteiger partial charge in [-0.1, -0.05) is 84.3 Å². The lowest BCUT2D eigenvalue weighted by Crippen LogP contribution is -2.46. The molecule has 9 nitrogen and oxygen atoms in total. The lowest BCUT2D eigenvalue weighted by Gasteiger charge is -2.29. The van der Waals surface area contributed by atoms with Gasteiger partial charge in [-0.15, -0.1) is 0 Å². The highest BCUT2D eigenvalue weighted by Gasteiger charge is 2.32. The third kappa shape index (κ3) is 11.9. The molecule has 1 rings (SSSR count). The first kappa shape index (κ1) is 36.7. The number of amides is 2. The summed E-state index contributed by atoms with van der Waals surface area (Å²) in [5, 5.41) is 14.8. The van der Waals surface area contributed by atoms with Crippen LogP contribution in [0.3, 0.4) is 0 Å². The summed E-state index contributed by atoms with van der Waals surface area (Å²) in [6.45, 7) is 15.8. The first-order valence-corrected chi connectivity index (χ1v) is 15.3. The first-order valence-electron chi connectivity index (χ1n) is 15.3. The lowest BCUT2D eigenvalue weighted by molar-refractivity contribution is -0.128. The maximum absolute atomic E-state index is 13.6. The molecule has 0 saturated heterocycles. The summed E-state index contributed by atoms with van der Waals surface area (Å²) in [6.07, 6.45) is 13.6. The minimum Gasteiger partial charge on any atom is -0.472 e. The monoisotopic (exact) mass is 584 g/mol. The topological polar surface area (TPSA) is 101 Å². The van der Waals surface area contributed by atoms with Gasteiger partial charge in [-0.2, -0.15) is 0 Å². The summed E-state index contributed by atoms with van der Waals surface area (Å²) in [7, 11) is 7.48. The van der Waals surface area contributed by atoms with Crippen LogP contribution in [0.25, 0.3) is 0 Å². The third-order valence-electron chi connectivity index (χ3n) is 7.04. The summed E-state index contributed by atoms with van der Waals surface area (Å²) < 4.78 is 6.01. The van der Waals surface area contributed by atoms with Crippen LogP contribution in [-0.2, 0) is 14.3 Å². The molecule has 1 aliphatic rings. The molecule has 0 fully saturated rings. The number of allylic oxidation sites excluding steroid dienone is 3. The van der Waals surface area contributed by atoms with Gasteiger partial charge in [0.1, 0.15) is 12.0 Å². The van der Waals surface area contributed by atoms with Gasteiger partial charge in [-0.3, -0.25) is 19.9 Å². The van der Waals surface area contributed by atoms with Gasteiger partial charge in [0.25, 0.3) is 5.91 Å². The minimum absolute atomic E-state index is 0.0453. The van der Waals surface area contributed by atoms with Gasteiger partial charge in [-0.25, -0.2) is 0 Å². The standard InChI is InChI=1S/C33H56N6O3/c1-11-14-16-30(40)39(22-26(6)21-37(8)9)31(34)28(20-35-7)36-32(41)29-23-42-33(38(29)10)27(18-17-24(4)13-3)19-25(5)15-12-2/h17-20,23-24,26,33-35H,5,11-16,21-22H2,1-4,6-10H3,(H,36,41)/b18-17-,27-19+,28-20+,34-31?. The number of ether oxygens (including phenoxy) is 1. The molecule has 3 unspecified atom stereocenters. The molecule has 2 amide bonds. The number of unbranched alkanes of at least 4 members (excludes halogenated alkanes) is 1. The van der Waals surface area contributed by atoms with E-state index in [-0.39, 0.29) is 23.4 Å². The molecule has 0 aliphatic carbocycles. The van der Waals surface area contributed by atoms with E-state index in [1.165, 1.54) is 11.2 Å². The molecule has 3 N–H and O–H groups in total. The van der Waals surface area contributed by atoms with Crippen LogP contribution < -0.4 is 10.6 Å². The van der Waals surface area contributed by atoms with E-state index in [2.05, 4.69) is 62.0 Å². The SMILES string of the molecule is C=C(/C=C(\C=C/C(C)CC)C1OC=C(C(=O)N/C(=C/NC)C(=N)N(CC(C)CN(C)C)C(=O)CCCC)N1C)CCC. The molecule has 0 aromatic carbocycles. The predicted octanol–water partition coefficient (Wildman–Crippen LogP) is 5.37. The molecular formula is C33H56N6O3. The van der Waals surface area contributed by atoms with Crippen molar-refractivity contribution in [3.63, 3.8) is 0 Å². The second kappa shape index (κ2) is 19.0. The van der Waals surface area contributed by atoms with Crippen molar-refractivity contribution in [2.45, 2.75) is 79.4 Å². The molecule has 1 heterocycles.